The normalized spacial score (nSPS) is 21.7. The van der Waals surface area contributed by atoms with E-state index in [9.17, 15) is 9.59 Å². The third-order valence-electron chi connectivity index (χ3n) is 5.46. The number of imide groups is 1. The van der Waals surface area contributed by atoms with Crippen LogP contribution in [0.2, 0.25) is 0 Å². The second kappa shape index (κ2) is 8.50. The van der Waals surface area contributed by atoms with Crippen molar-refractivity contribution in [1.29, 1.82) is 0 Å². The standard InChI is InChI=1S/C23H25N3O2/c27-22-18-21(23(28)26(22)20-11-5-2-6-12-20)25-16-14-24(15-17-25)13-7-10-19-8-3-1-4-9-19/h1-12,21H,13-18H2/b10-7+/t21-/m0/s1. The van der Waals surface area contributed by atoms with Crippen LogP contribution in [-0.2, 0) is 9.59 Å². The monoisotopic (exact) mass is 375 g/mol. The first-order chi connectivity index (χ1) is 13.7. The maximum Gasteiger partial charge on any atom is 0.251 e. The molecule has 5 heteroatoms. The van der Waals surface area contributed by atoms with Crippen molar-refractivity contribution in [3.05, 3.63) is 72.3 Å². The molecule has 0 radical (unpaired) electrons. The Balaban J connectivity index is 1.31. The smallest absolute Gasteiger partial charge is 0.251 e. The highest BCUT2D eigenvalue weighted by molar-refractivity contribution is 6.22. The van der Waals surface area contributed by atoms with Gasteiger partial charge >= 0.3 is 0 Å². The Hall–Kier alpha value is -2.76. The molecule has 5 nitrogen and oxygen atoms in total. The van der Waals surface area contributed by atoms with Gasteiger partial charge in [-0.2, -0.15) is 0 Å². The number of piperazine rings is 1. The lowest BCUT2D eigenvalue weighted by Gasteiger charge is -2.36. The summed E-state index contributed by atoms with van der Waals surface area (Å²) in [7, 11) is 0. The number of hydrogen-bond acceptors (Lipinski definition) is 4. The maximum atomic E-state index is 12.9. The molecule has 144 valence electrons. The first-order valence-corrected chi connectivity index (χ1v) is 9.82. The molecule has 2 amide bonds. The Kier molecular flexibility index (Phi) is 5.65. The van der Waals surface area contributed by atoms with E-state index in [1.54, 1.807) is 0 Å². The SMILES string of the molecule is O=C1C[C@H](N2CCN(C/C=C/c3ccccc3)CC2)C(=O)N1c1ccccc1. The number of nitrogens with zero attached hydrogens (tertiary/aromatic N) is 3. The van der Waals surface area contributed by atoms with E-state index in [0.29, 0.717) is 5.69 Å². The largest absolute Gasteiger partial charge is 0.297 e. The zero-order valence-electron chi connectivity index (χ0n) is 15.9. The van der Waals surface area contributed by atoms with Crippen molar-refractivity contribution >= 4 is 23.6 Å². The quantitative estimate of drug-likeness (QED) is 0.754. The highest BCUT2D eigenvalue weighted by Gasteiger charge is 2.43. The summed E-state index contributed by atoms with van der Waals surface area (Å²) >= 11 is 0. The molecular weight excluding hydrogens is 350 g/mol. The van der Waals surface area contributed by atoms with Gasteiger partial charge in [-0.05, 0) is 17.7 Å². The molecule has 2 fully saturated rings. The van der Waals surface area contributed by atoms with Crippen LogP contribution in [0.25, 0.3) is 6.08 Å². The molecule has 2 aliphatic heterocycles. The van der Waals surface area contributed by atoms with Gasteiger partial charge in [0, 0.05) is 32.7 Å². The average molecular weight is 375 g/mol. The van der Waals surface area contributed by atoms with Crippen LogP contribution in [0.3, 0.4) is 0 Å². The lowest BCUT2D eigenvalue weighted by Crippen LogP contribution is -2.52. The van der Waals surface area contributed by atoms with Crippen LogP contribution in [0, 0.1) is 0 Å². The summed E-state index contributed by atoms with van der Waals surface area (Å²) in [6.45, 7) is 4.33. The van der Waals surface area contributed by atoms with E-state index in [0.717, 1.165) is 32.7 Å². The van der Waals surface area contributed by atoms with Crippen LogP contribution in [0.4, 0.5) is 5.69 Å². The summed E-state index contributed by atoms with van der Waals surface area (Å²) in [5.41, 5.74) is 1.88. The van der Waals surface area contributed by atoms with Crippen molar-refractivity contribution in [2.24, 2.45) is 0 Å². The van der Waals surface area contributed by atoms with E-state index in [1.165, 1.54) is 10.5 Å². The Bertz CT molecular complexity index is 843. The second-order valence-electron chi connectivity index (χ2n) is 7.27. The van der Waals surface area contributed by atoms with Crippen molar-refractivity contribution in [3.8, 4) is 0 Å². The summed E-state index contributed by atoms with van der Waals surface area (Å²) < 4.78 is 0. The molecule has 28 heavy (non-hydrogen) atoms. The first kappa shape index (κ1) is 18.6. The third-order valence-corrected chi connectivity index (χ3v) is 5.46. The predicted molar refractivity (Wildman–Crippen MR) is 111 cm³/mol. The molecule has 2 aliphatic rings. The number of carbonyl (C=O) groups excluding carboxylic acids is 2. The molecule has 2 heterocycles. The van der Waals surface area contributed by atoms with Crippen molar-refractivity contribution in [1.82, 2.24) is 9.80 Å². The summed E-state index contributed by atoms with van der Waals surface area (Å²) in [4.78, 5) is 31.2. The van der Waals surface area contributed by atoms with Gasteiger partial charge in [0.1, 0.15) is 0 Å². The number of carbonyl (C=O) groups is 2. The van der Waals surface area contributed by atoms with Gasteiger partial charge in [-0.1, -0.05) is 60.7 Å². The number of hydrogen-bond donors (Lipinski definition) is 0. The molecule has 0 N–H and O–H groups in total. The van der Waals surface area contributed by atoms with Gasteiger partial charge in [-0.3, -0.25) is 19.4 Å². The van der Waals surface area contributed by atoms with Crippen LogP contribution in [-0.4, -0.2) is 60.4 Å². The molecule has 2 aromatic rings. The fourth-order valence-corrected chi connectivity index (χ4v) is 3.91. The van der Waals surface area contributed by atoms with Crippen LogP contribution in [0.1, 0.15) is 12.0 Å². The Morgan fingerprint density at radius 2 is 1.50 bits per heavy atom. The zero-order chi connectivity index (χ0) is 19.3. The fourth-order valence-electron chi connectivity index (χ4n) is 3.91. The van der Waals surface area contributed by atoms with E-state index < -0.39 is 0 Å². The van der Waals surface area contributed by atoms with Gasteiger partial charge in [-0.25, -0.2) is 4.90 Å². The summed E-state index contributed by atoms with van der Waals surface area (Å²) in [6, 6.07) is 19.2. The van der Waals surface area contributed by atoms with Crippen LogP contribution >= 0.6 is 0 Å². The molecule has 0 saturated carbocycles. The summed E-state index contributed by atoms with van der Waals surface area (Å²) in [5, 5.41) is 0. The molecule has 0 bridgehead atoms. The second-order valence-corrected chi connectivity index (χ2v) is 7.27. The number of anilines is 1. The molecule has 4 rings (SSSR count). The van der Waals surface area contributed by atoms with Gasteiger partial charge in [0.2, 0.25) is 5.91 Å². The van der Waals surface area contributed by atoms with E-state index in [2.05, 4.69) is 34.1 Å². The number of para-hydroxylation sites is 1. The average Bonchev–Trinajstić information content (AvgIpc) is 3.04. The molecule has 0 aromatic heterocycles. The van der Waals surface area contributed by atoms with Gasteiger partial charge in [0.15, 0.2) is 0 Å². The highest BCUT2D eigenvalue weighted by Crippen LogP contribution is 2.26. The van der Waals surface area contributed by atoms with Crippen LogP contribution in [0.15, 0.2) is 66.7 Å². The van der Waals surface area contributed by atoms with E-state index in [-0.39, 0.29) is 24.3 Å². The van der Waals surface area contributed by atoms with Crippen LogP contribution in [0.5, 0.6) is 0 Å². The molecule has 2 saturated heterocycles. The lowest BCUT2D eigenvalue weighted by molar-refractivity contribution is -0.123. The predicted octanol–water partition coefficient (Wildman–Crippen LogP) is 2.65. The first-order valence-electron chi connectivity index (χ1n) is 9.82. The number of benzene rings is 2. The highest BCUT2D eigenvalue weighted by atomic mass is 16.2. The van der Waals surface area contributed by atoms with Gasteiger partial charge in [0.05, 0.1) is 18.2 Å². The molecular formula is C23H25N3O2. The van der Waals surface area contributed by atoms with E-state index >= 15 is 0 Å². The minimum Gasteiger partial charge on any atom is -0.297 e. The van der Waals surface area contributed by atoms with Gasteiger partial charge in [0.25, 0.3) is 5.91 Å². The van der Waals surface area contributed by atoms with E-state index in [1.807, 2.05) is 48.5 Å². The molecule has 0 aliphatic carbocycles. The number of amides is 2. The molecule has 2 aromatic carbocycles. The minimum atomic E-state index is -0.324. The van der Waals surface area contributed by atoms with Crippen molar-refractivity contribution in [2.45, 2.75) is 12.5 Å². The topological polar surface area (TPSA) is 43.9 Å². The van der Waals surface area contributed by atoms with Crippen molar-refractivity contribution < 1.29 is 9.59 Å². The van der Waals surface area contributed by atoms with Gasteiger partial charge < -0.3 is 0 Å². The Morgan fingerprint density at radius 1 is 0.857 bits per heavy atom. The summed E-state index contributed by atoms with van der Waals surface area (Å²) in [5.74, 6) is -0.192. The zero-order valence-corrected chi connectivity index (χ0v) is 15.9. The Labute approximate surface area is 165 Å². The lowest BCUT2D eigenvalue weighted by atomic mass is 10.1. The molecule has 1 atom stereocenters. The maximum absolute atomic E-state index is 12.9. The fraction of sp³-hybridized carbons (Fsp3) is 0.304. The summed E-state index contributed by atoms with van der Waals surface area (Å²) in [6.07, 6.45) is 4.61. The van der Waals surface area contributed by atoms with Gasteiger partial charge in [-0.15, -0.1) is 0 Å². The Morgan fingerprint density at radius 3 is 2.18 bits per heavy atom. The molecule has 0 unspecified atom stereocenters. The van der Waals surface area contributed by atoms with Crippen molar-refractivity contribution in [2.75, 3.05) is 37.6 Å². The number of rotatable bonds is 5. The molecule has 0 spiro atoms. The van der Waals surface area contributed by atoms with Crippen molar-refractivity contribution in [3.63, 3.8) is 0 Å². The van der Waals surface area contributed by atoms with E-state index in [4.69, 9.17) is 0 Å². The third kappa shape index (κ3) is 4.06. The minimum absolute atomic E-state index is 0.0892. The van der Waals surface area contributed by atoms with Crippen LogP contribution < -0.4 is 4.90 Å².